The minimum absolute atomic E-state index is 0.230. The first-order chi connectivity index (χ1) is 8.18. The molecule has 17 heavy (non-hydrogen) atoms. The average Bonchev–Trinajstić information content (AvgIpc) is 2.81. The Morgan fingerprint density at radius 2 is 2.06 bits per heavy atom. The van der Waals surface area contributed by atoms with Crippen LogP contribution in [0.1, 0.15) is 12.8 Å². The topological polar surface area (TPSA) is 108 Å². The number of allylic oxidation sites excluding steroid dienone is 2. The molecular weight excluding hydrogens is 224 g/mol. The largest absolute Gasteiger partial charge is 0.481 e. The Labute approximate surface area is 96.9 Å². The summed E-state index contributed by atoms with van der Waals surface area (Å²) in [5.41, 5.74) is 0. The molecule has 2 atom stereocenters. The number of hydrogen-bond donors (Lipinski definition) is 3. The van der Waals surface area contributed by atoms with Crippen LogP contribution in [0.3, 0.4) is 0 Å². The van der Waals surface area contributed by atoms with Crippen LogP contribution in [0.15, 0.2) is 18.5 Å². The highest BCUT2D eigenvalue weighted by atomic mass is 16.4. The van der Waals surface area contributed by atoms with Crippen LogP contribution >= 0.6 is 0 Å². The third kappa shape index (κ3) is 2.49. The van der Waals surface area contributed by atoms with Crippen LogP contribution in [-0.4, -0.2) is 32.2 Å². The molecule has 0 aliphatic heterocycles. The Kier molecular flexibility index (Phi) is 3.17. The van der Waals surface area contributed by atoms with Gasteiger partial charge in [0.25, 0.3) is 0 Å². The molecule has 0 spiro atoms. The van der Waals surface area contributed by atoms with Crippen LogP contribution in [0.25, 0.3) is 0 Å². The highest BCUT2D eigenvalue weighted by molar-refractivity contribution is 5.94. The fraction of sp³-hybridized carbons (Fsp3) is 0.400. The Hall–Kier alpha value is -2.18. The number of aromatic amines is 1. The summed E-state index contributed by atoms with van der Waals surface area (Å²) in [5, 5.41) is 17.6. The minimum atomic E-state index is -0.952. The molecule has 7 heteroatoms. The summed E-state index contributed by atoms with van der Waals surface area (Å²) in [7, 11) is 0. The lowest BCUT2D eigenvalue weighted by Gasteiger charge is -2.23. The minimum Gasteiger partial charge on any atom is -0.481 e. The van der Waals surface area contributed by atoms with E-state index in [-0.39, 0.29) is 11.9 Å². The summed E-state index contributed by atoms with van der Waals surface area (Å²) in [5.74, 6) is -2.32. The van der Waals surface area contributed by atoms with Crippen LogP contribution in [0.4, 0.5) is 5.95 Å². The molecule has 0 saturated heterocycles. The Morgan fingerprint density at radius 3 is 2.65 bits per heavy atom. The normalized spacial score (nSPS) is 23.3. The molecule has 0 aromatic carbocycles. The maximum absolute atomic E-state index is 11.9. The van der Waals surface area contributed by atoms with Gasteiger partial charge in [0.05, 0.1) is 11.8 Å². The number of anilines is 1. The number of carbonyl (C=O) groups excluding carboxylic acids is 1. The smallest absolute Gasteiger partial charge is 0.307 e. The Morgan fingerprint density at radius 1 is 1.35 bits per heavy atom. The van der Waals surface area contributed by atoms with E-state index in [1.54, 1.807) is 6.08 Å². The predicted octanol–water partition coefficient (Wildman–Crippen LogP) is 0.410. The van der Waals surface area contributed by atoms with E-state index in [9.17, 15) is 9.59 Å². The zero-order chi connectivity index (χ0) is 12.3. The second kappa shape index (κ2) is 4.77. The predicted molar refractivity (Wildman–Crippen MR) is 58.0 cm³/mol. The van der Waals surface area contributed by atoms with Crippen LogP contribution in [0, 0.1) is 11.8 Å². The second-order valence-electron chi connectivity index (χ2n) is 3.82. The van der Waals surface area contributed by atoms with Crippen LogP contribution < -0.4 is 5.32 Å². The van der Waals surface area contributed by atoms with Crippen molar-refractivity contribution in [2.24, 2.45) is 11.8 Å². The number of aliphatic carboxylic acids is 1. The molecule has 0 bridgehead atoms. The fourth-order valence-electron chi connectivity index (χ4n) is 1.85. The number of rotatable bonds is 3. The van der Waals surface area contributed by atoms with Gasteiger partial charge >= 0.3 is 5.97 Å². The van der Waals surface area contributed by atoms with Gasteiger partial charge in [-0.1, -0.05) is 12.2 Å². The van der Waals surface area contributed by atoms with Crippen molar-refractivity contribution in [3.8, 4) is 0 Å². The molecule has 1 amide bonds. The fourth-order valence-corrected chi connectivity index (χ4v) is 1.85. The van der Waals surface area contributed by atoms with Crippen molar-refractivity contribution in [1.29, 1.82) is 0 Å². The molecule has 1 aromatic heterocycles. The van der Waals surface area contributed by atoms with Crippen LogP contribution in [-0.2, 0) is 9.59 Å². The molecule has 0 saturated carbocycles. The first-order valence-corrected chi connectivity index (χ1v) is 5.22. The number of aromatic nitrogens is 3. The first-order valence-electron chi connectivity index (χ1n) is 5.22. The number of amides is 1. The number of hydrogen-bond acceptors (Lipinski definition) is 4. The average molecular weight is 236 g/mol. The van der Waals surface area contributed by atoms with Gasteiger partial charge in [-0.05, 0) is 12.8 Å². The molecule has 0 radical (unpaired) electrons. The summed E-state index contributed by atoms with van der Waals surface area (Å²) in [6.07, 6.45) is 5.69. The Bertz CT molecular complexity index is 440. The maximum atomic E-state index is 11.9. The molecule has 1 heterocycles. The molecule has 1 aliphatic carbocycles. The van der Waals surface area contributed by atoms with E-state index in [1.807, 2.05) is 6.08 Å². The third-order valence-corrected chi connectivity index (χ3v) is 2.74. The van der Waals surface area contributed by atoms with Gasteiger partial charge in [-0.2, -0.15) is 10.1 Å². The molecule has 2 unspecified atom stereocenters. The number of carboxylic acids is 1. The van der Waals surface area contributed by atoms with E-state index < -0.39 is 17.8 Å². The van der Waals surface area contributed by atoms with Gasteiger partial charge in [0.15, 0.2) is 0 Å². The van der Waals surface area contributed by atoms with Gasteiger partial charge in [-0.25, -0.2) is 5.10 Å². The van der Waals surface area contributed by atoms with Crippen molar-refractivity contribution in [2.75, 3.05) is 5.32 Å². The summed E-state index contributed by atoms with van der Waals surface area (Å²) >= 11 is 0. The van der Waals surface area contributed by atoms with Gasteiger partial charge in [0.2, 0.25) is 11.9 Å². The number of carbonyl (C=O) groups is 2. The van der Waals surface area contributed by atoms with Gasteiger partial charge < -0.3 is 5.11 Å². The SMILES string of the molecule is O=C(O)C1CC=CCC1C(=O)Nc1ncn[nH]1. The molecule has 2 rings (SSSR count). The van der Waals surface area contributed by atoms with Crippen molar-refractivity contribution < 1.29 is 14.7 Å². The molecule has 3 N–H and O–H groups in total. The zero-order valence-electron chi connectivity index (χ0n) is 8.96. The standard InChI is InChI=1S/C10H12N4O3/c15-8(13-10-11-5-12-14-10)6-3-1-2-4-7(6)9(16)17/h1-2,5-7H,3-4H2,(H,16,17)(H2,11,12,13,14,15). The Balaban J connectivity index is 2.07. The molecule has 90 valence electrons. The van der Waals surface area contributed by atoms with Crippen molar-refractivity contribution >= 4 is 17.8 Å². The van der Waals surface area contributed by atoms with Gasteiger partial charge in [-0.15, -0.1) is 0 Å². The van der Waals surface area contributed by atoms with Gasteiger partial charge in [0, 0.05) is 0 Å². The highest BCUT2D eigenvalue weighted by Gasteiger charge is 2.34. The van der Waals surface area contributed by atoms with E-state index >= 15 is 0 Å². The van der Waals surface area contributed by atoms with E-state index in [0.717, 1.165) is 0 Å². The highest BCUT2D eigenvalue weighted by Crippen LogP contribution is 2.26. The van der Waals surface area contributed by atoms with Crippen molar-refractivity contribution in [3.63, 3.8) is 0 Å². The lowest BCUT2D eigenvalue weighted by molar-refractivity contribution is -0.146. The summed E-state index contributed by atoms with van der Waals surface area (Å²) in [6.45, 7) is 0. The number of nitrogens with one attached hydrogen (secondary N) is 2. The van der Waals surface area contributed by atoms with Crippen molar-refractivity contribution in [2.45, 2.75) is 12.8 Å². The van der Waals surface area contributed by atoms with E-state index in [0.29, 0.717) is 12.8 Å². The molecular formula is C10H12N4O3. The summed E-state index contributed by atoms with van der Waals surface area (Å²) in [4.78, 5) is 26.7. The van der Waals surface area contributed by atoms with Gasteiger partial charge in [0.1, 0.15) is 6.33 Å². The number of nitrogens with zero attached hydrogens (tertiary/aromatic N) is 2. The quantitative estimate of drug-likeness (QED) is 0.659. The molecule has 7 nitrogen and oxygen atoms in total. The van der Waals surface area contributed by atoms with Gasteiger partial charge in [-0.3, -0.25) is 14.9 Å². The van der Waals surface area contributed by atoms with Crippen molar-refractivity contribution in [3.05, 3.63) is 18.5 Å². The third-order valence-electron chi connectivity index (χ3n) is 2.74. The van der Waals surface area contributed by atoms with E-state index in [4.69, 9.17) is 5.11 Å². The monoisotopic (exact) mass is 236 g/mol. The van der Waals surface area contributed by atoms with Crippen molar-refractivity contribution in [1.82, 2.24) is 15.2 Å². The number of carboxylic acid groups (broad SMARTS) is 1. The first kappa shape index (κ1) is 11.3. The lowest BCUT2D eigenvalue weighted by atomic mass is 9.82. The zero-order valence-corrected chi connectivity index (χ0v) is 8.96. The molecule has 1 aliphatic rings. The summed E-state index contributed by atoms with van der Waals surface area (Å²) < 4.78 is 0. The molecule has 1 aromatic rings. The van der Waals surface area contributed by atoms with Crippen LogP contribution in [0.2, 0.25) is 0 Å². The lowest BCUT2D eigenvalue weighted by Crippen LogP contribution is -2.35. The van der Waals surface area contributed by atoms with E-state index in [2.05, 4.69) is 20.5 Å². The number of H-pyrrole nitrogens is 1. The second-order valence-corrected chi connectivity index (χ2v) is 3.82. The van der Waals surface area contributed by atoms with E-state index in [1.165, 1.54) is 6.33 Å². The maximum Gasteiger partial charge on any atom is 0.307 e. The summed E-state index contributed by atoms with van der Waals surface area (Å²) in [6, 6.07) is 0. The van der Waals surface area contributed by atoms with Crippen LogP contribution in [0.5, 0.6) is 0 Å². The molecule has 0 fully saturated rings.